The Bertz CT molecular complexity index is 1130. The summed E-state index contributed by atoms with van der Waals surface area (Å²) >= 11 is 0. The molecule has 0 saturated carbocycles. The molecule has 4 rings (SSSR count). The molecule has 0 aliphatic carbocycles. The number of amides is 1. The van der Waals surface area contributed by atoms with Crippen LogP contribution in [0, 0.1) is 5.82 Å². The monoisotopic (exact) mass is 429 g/mol. The van der Waals surface area contributed by atoms with Gasteiger partial charge >= 0.3 is 0 Å². The number of hydrazone groups is 1. The fourth-order valence-electron chi connectivity index (χ4n) is 3.67. The van der Waals surface area contributed by atoms with Crippen molar-refractivity contribution in [2.45, 2.75) is 12.5 Å². The third kappa shape index (κ3) is 3.97. The van der Waals surface area contributed by atoms with E-state index in [2.05, 4.69) is 10.5 Å². The van der Waals surface area contributed by atoms with Gasteiger partial charge < -0.3 is 9.69 Å². The highest BCUT2D eigenvalue weighted by Crippen LogP contribution is 2.24. The zero-order valence-electron chi connectivity index (χ0n) is 16.0. The number of hydrogen-bond donors (Lipinski definition) is 1. The first-order chi connectivity index (χ1) is 14.4. The summed E-state index contributed by atoms with van der Waals surface area (Å²) in [6.45, 7) is 0.115. The Morgan fingerprint density at radius 1 is 1.20 bits per heavy atom. The molecule has 2 aromatic carbocycles. The molecule has 156 valence electrons. The summed E-state index contributed by atoms with van der Waals surface area (Å²) in [5.74, 6) is -1.40. The number of carbonyl (C=O) groups is 2. The number of hydrogen-bond acceptors (Lipinski definition) is 6. The van der Waals surface area contributed by atoms with Gasteiger partial charge in [0.1, 0.15) is 18.1 Å². The van der Waals surface area contributed by atoms with Crippen molar-refractivity contribution in [1.82, 2.24) is 10.3 Å². The second kappa shape index (κ2) is 7.98. The fourth-order valence-corrected chi connectivity index (χ4v) is 4.87. The molecule has 2 aliphatic rings. The first kappa shape index (κ1) is 20.2. The van der Waals surface area contributed by atoms with Crippen LogP contribution in [0.1, 0.15) is 33.1 Å². The molecule has 0 radical (unpaired) electrons. The second-order valence-electron chi connectivity index (χ2n) is 7.32. The summed E-state index contributed by atoms with van der Waals surface area (Å²) in [4.78, 5) is 25.4. The maximum atomic E-state index is 14.4. The van der Waals surface area contributed by atoms with Crippen molar-refractivity contribution in [2.24, 2.45) is 5.10 Å². The lowest BCUT2D eigenvalue weighted by Gasteiger charge is -2.27. The largest absolute Gasteiger partial charge is 0.337 e. The van der Waals surface area contributed by atoms with Gasteiger partial charge in [-0.1, -0.05) is 30.3 Å². The minimum atomic E-state index is -3.14. The fraction of sp³-hybridized carbons (Fsp3) is 0.286. The number of nitrogens with one attached hydrogen (secondary N) is 1. The third-order valence-corrected chi connectivity index (χ3v) is 6.95. The number of aldehydes is 1. The summed E-state index contributed by atoms with van der Waals surface area (Å²) < 4.78 is 37.6. The van der Waals surface area contributed by atoms with Crippen LogP contribution in [0.5, 0.6) is 0 Å². The Kier molecular flexibility index (Phi) is 5.38. The number of carbonyl (C=O) groups excluding carboxylic acids is 2. The van der Waals surface area contributed by atoms with Gasteiger partial charge in [-0.05, 0) is 23.3 Å². The van der Waals surface area contributed by atoms with Crippen LogP contribution in [-0.4, -0.2) is 55.8 Å². The predicted octanol–water partition coefficient (Wildman–Crippen LogP) is 1.49. The molecular formula is C21H20FN3O4S. The molecular weight excluding hydrogens is 409 g/mol. The first-order valence-corrected chi connectivity index (χ1v) is 11.3. The maximum Gasteiger partial charge on any atom is 0.256 e. The van der Waals surface area contributed by atoms with Crippen molar-refractivity contribution in [1.29, 1.82) is 0 Å². The molecule has 1 amide bonds. The van der Waals surface area contributed by atoms with E-state index in [1.54, 1.807) is 6.07 Å². The topological polar surface area (TPSA) is 95.9 Å². The van der Waals surface area contributed by atoms with Crippen LogP contribution in [0.2, 0.25) is 0 Å². The summed E-state index contributed by atoms with van der Waals surface area (Å²) in [5, 5.41) is 4.30. The lowest BCUT2D eigenvalue weighted by Crippen LogP contribution is -2.44. The highest BCUT2D eigenvalue weighted by atomic mass is 32.2. The highest BCUT2D eigenvalue weighted by molar-refractivity contribution is 7.91. The van der Waals surface area contributed by atoms with Gasteiger partial charge in [-0.25, -0.2) is 12.8 Å². The molecule has 30 heavy (non-hydrogen) atoms. The van der Waals surface area contributed by atoms with E-state index in [-0.39, 0.29) is 30.2 Å². The molecule has 1 saturated heterocycles. The number of rotatable bonds is 4. The Morgan fingerprint density at radius 2 is 1.93 bits per heavy atom. The van der Waals surface area contributed by atoms with E-state index in [0.29, 0.717) is 17.7 Å². The molecule has 0 bridgehead atoms. The number of sulfone groups is 1. The molecule has 0 aromatic heterocycles. The number of halogens is 1. The van der Waals surface area contributed by atoms with Gasteiger partial charge in [0.15, 0.2) is 9.84 Å². The van der Waals surface area contributed by atoms with Crippen LogP contribution in [0.25, 0.3) is 0 Å². The summed E-state index contributed by atoms with van der Waals surface area (Å²) in [6.07, 6.45) is 1.12. The van der Waals surface area contributed by atoms with E-state index in [1.807, 2.05) is 24.3 Å². The smallest absolute Gasteiger partial charge is 0.256 e. The van der Waals surface area contributed by atoms with Gasteiger partial charge in [0.2, 0.25) is 0 Å². The van der Waals surface area contributed by atoms with Crippen LogP contribution >= 0.6 is 0 Å². The molecule has 2 heterocycles. The van der Waals surface area contributed by atoms with Crippen molar-refractivity contribution in [3.63, 3.8) is 0 Å². The lowest BCUT2D eigenvalue weighted by molar-refractivity contribution is -0.109. The molecule has 1 unspecified atom stereocenters. The van der Waals surface area contributed by atoms with E-state index < -0.39 is 27.6 Å². The molecule has 2 aromatic rings. The molecule has 1 fully saturated rings. The van der Waals surface area contributed by atoms with Gasteiger partial charge in [-0.3, -0.25) is 10.2 Å². The standard InChI is InChI=1S/C21H20FN3O4S/c22-18-6-5-14(11-17(18)21(27)25-7-9-30(28,29)10-8-25)12-19-15-3-1-2-4-16(15)20(13-26)24-23-19/h1-6,11,13,20,24H,7-10,12H2. The minimum Gasteiger partial charge on any atom is -0.337 e. The van der Waals surface area contributed by atoms with Gasteiger partial charge in [-0.2, -0.15) is 5.10 Å². The minimum absolute atomic E-state index is 0.0575. The van der Waals surface area contributed by atoms with E-state index in [9.17, 15) is 22.4 Å². The van der Waals surface area contributed by atoms with Crippen molar-refractivity contribution < 1.29 is 22.4 Å². The summed E-state index contributed by atoms with van der Waals surface area (Å²) in [5.41, 5.74) is 5.73. The van der Waals surface area contributed by atoms with Gasteiger partial charge in [-0.15, -0.1) is 0 Å². The zero-order chi connectivity index (χ0) is 21.3. The van der Waals surface area contributed by atoms with Crippen molar-refractivity contribution in [3.05, 3.63) is 70.5 Å². The Labute approximate surface area is 173 Å². The highest BCUT2D eigenvalue weighted by Gasteiger charge is 2.28. The molecule has 1 N–H and O–H groups in total. The Hall–Kier alpha value is -3.07. The van der Waals surface area contributed by atoms with Crippen molar-refractivity contribution >= 4 is 27.7 Å². The SMILES string of the molecule is O=CC1NN=C(Cc2ccc(F)c(C(=O)N3CCS(=O)(=O)CC3)c2)c2ccccc21. The number of nitrogens with zero attached hydrogens (tertiary/aromatic N) is 2. The van der Waals surface area contributed by atoms with Gasteiger partial charge in [0.25, 0.3) is 5.91 Å². The zero-order valence-corrected chi connectivity index (χ0v) is 16.9. The molecule has 7 nitrogen and oxygen atoms in total. The van der Waals surface area contributed by atoms with E-state index in [0.717, 1.165) is 17.4 Å². The van der Waals surface area contributed by atoms with Crippen molar-refractivity contribution in [3.8, 4) is 0 Å². The average Bonchev–Trinajstić information content (AvgIpc) is 2.75. The Morgan fingerprint density at radius 3 is 2.67 bits per heavy atom. The van der Waals surface area contributed by atoms with Crippen LogP contribution < -0.4 is 5.43 Å². The average molecular weight is 429 g/mol. The van der Waals surface area contributed by atoms with Crippen molar-refractivity contribution in [2.75, 3.05) is 24.6 Å². The molecule has 2 aliphatic heterocycles. The number of fused-ring (bicyclic) bond motifs is 1. The summed E-state index contributed by atoms with van der Waals surface area (Å²) in [7, 11) is -3.14. The predicted molar refractivity (Wildman–Crippen MR) is 110 cm³/mol. The molecule has 9 heteroatoms. The molecule has 1 atom stereocenters. The van der Waals surface area contributed by atoms with Crippen LogP contribution in [0.3, 0.4) is 0 Å². The van der Waals surface area contributed by atoms with Crippen LogP contribution in [-0.2, 0) is 21.1 Å². The van der Waals surface area contributed by atoms with Gasteiger partial charge in [0, 0.05) is 25.1 Å². The normalized spacial score (nSPS) is 20.0. The van der Waals surface area contributed by atoms with Crippen LogP contribution in [0.15, 0.2) is 47.6 Å². The summed E-state index contributed by atoms with van der Waals surface area (Å²) in [6, 6.07) is 11.2. The van der Waals surface area contributed by atoms with E-state index in [1.165, 1.54) is 17.0 Å². The van der Waals surface area contributed by atoms with E-state index >= 15 is 0 Å². The van der Waals surface area contributed by atoms with E-state index in [4.69, 9.17) is 0 Å². The van der Waals surface area contributed by atoms with Gasteiger partial charge in [0.05, 0.1) is 22.8 Å². The van der Waals surface area contributed by atoms with Crippen LogP contribution in [0.4, 0.5) is 4.39 Å². The maximum absolute atomic E-state index is 14.4. The Balaban J connectivity index is 1.58. The lowest BCUT2D eigenvalue weighted by atomic mass is 9.92. The second-order valence-corrected chi connectivity index (χ2v) is 9.63. The number of benzene rings is 2. The third-order valence-electron chi connectivity index (χ3n) is 5.35. The first-order valence-electron chi connectivity index (χ1n) is 9.53. The molecule has 0 spiro atoms. The quantitative estimate of drug-likeness (QED) is 0.743.